The predicted molar refractivity (Wildman–Crippen MR) is 132 cm³/mol. The van der Waals surface area contributed by atoms with Crippen LogP contribution in [0.5, 0.6) is 5.75 Å². The van der Waals surface area contributed by atoms with Crippen LogP contribution in [-0.2, 0) is 14.3 Å². The standard InChI is InChI=1S/C27H21N3O7/c1-28-24(32)22-14-29(20-11-4-5-12-21(20)37-22)23(31)15-36-27(35)16-7-6-8-17(13-16)30-25(33)18-9-2-3-10-19(18)26(30)34/h2-13,22H,14-15H2,1H3,(H,28,32). The first kappa shape index (κ1) is 23.7. The maximum atomic E-state index is 13.0. The first-order valence-electron chi connectivity index (χ1n) is 11.4. The van der Waals surface area contributed by atoms with Crippen molar-refractivity contribution in [2.24, 2.45) is 0 Å². The monoisotopic (exact) mass is 499 g/mol. The molecular formula is C27H21N3O7. The number of para-hydroxylation sites is 2. The molecule has 37 heavy (non-hydrogen) atoms. The number of carbonyl (C=O) groups excluding carboxylic acids is 5. The van der Waals surface area contributed by atoms with Crippen LogP contribution in [0.25, 0.3) is 0 Å². The number of nitrogens with zero attached hydrogens (tertiary/aromatic N) is 2. The molecule has 1 atom stereocenters. The fourth-order valence-electron chi connectivity index (χ4n) is 4.25. The first-order chi connectivity index (χ1) is 17.9. The molecule has 3 aromatic carbocycles. The Morgan fingerprint density at radius 2 is 1.62 bits per heavy atom. The summed E-state index contributed by atoms with van der Waals surface area (Å²) in [6, 6.07) is 19.1. The van der Waals surface area contributed by atoms with Gasteiger partial charge in [-0.25, -0.2) is 9.69 Å². The molecule has 0 aliphatic carbocycles. The topological polar surface area (TPSA) is 122 Å². The Balaban J connectivity index is 1.30. The smallest absolute Gasteiger partial charge is 0.338 e. The zero-order valence-corrected chi connectivity index (χ0v) is 19.7. The van der Waals surface area contributed by atoms with Gasteiger partial charge >= 0.3 is 5.97 Å². The van der Waals surface area contributed by atoms with Crippen molar-refractivity contribution in [3.05, 3.63) is 89.5 Å². The van der Waals surface area contributed by atoms with Crippen LogP contribution in [-0.4, -0.2) is 55.9 Å². The number of hydrogen-bond acceptors (Lipinski definition) is 7. The molecule has 0 spiro atoms. The van der Waals surface area contributed by atoms with Crippen molar-refractivity contribution in [1.82, 2.24) is 5.32 Å². The highest BCUT2D eigenvalue weighted by molar-refractivity contribution is 6.34. The Hall–Kier alpha value is -4.99. The highest BCUT2D eigenvalue weighted by Gasteiger charge is 2.37. The molecule has 2 aliphatic heterocycles. The number of nitrogens with one attached hydrogen (secondary N) is 1. The van der Waals surface area contributed by atoms with Gasteiger partial charge in [0.1, 0.15) is 5.75 Å². The zero-order chi connectivity index (χ0) is 26.1. The van der Waals surface area contributed by atoms with Crippen LogP contribution in [0.3, 0.4) is 0 Å². The van der Waals surface area contributed by atoms with E-state index in [1.165, 1.54) is 36.2 Å². The third-order valence-electron chi connectivity index (χ3n) is 6.07. The second-order valence-electron chi connectivity index (χ2n) is 8.31. The van der Waals surface area contributed by atoms with Gasteiger partial charge in [0.15, 0.2) is 12.7 Å². The van der Waals surface area contributed by atoms with E-state index in [1.807, 2.05) is 0 Å². The molecule has 10 nitrogen and oxygen atoms in total. The minimum Gasteiger partial charge on any atom is -0.477 e. The molecule has 0 bridgehead atoms. The van der Waals surface area contributed by atoms with E-state index in [9.17, 15) is 24.0 Å². The lowest BCUT2D eigenvalue weighted by Crippen LogP contribution is -2.51. The lowest BCUT2D eigenvalue weighted by molar-refractivity contribution is -0.128. The van der Waals surface area contributed by atoms with Crippen LogP contribution in [0.15, 0.2) is 72.8 Å². The van der Waals surface area contributed by atoms with Gasteiger partial charge in [-0.1, -0.05) is 30.3 Å². The van der Waals surface area contributed by atoms with Gasteiger partial charge in [0.25, 0.3) is 23.6 Å². The van der Waals surface area contributed by atoms with E-state index >= 15 is 0 Å². The summed E-state index contributed by atoms with van der Waals surface area (Å²) in [4.78, 5) is 65.8. The predicted octanol–water partition coefficient (Wildman–Crippen LogP) is 2.18. The fraction of sp³-hybridized carbons (Fsp3) is 0.148. The summed E-state index contributed by atoms with van der Waals surface area (Å²) < 4.78 is 10.9. The van der Waals surface area contributed by atoms with Gasteiger partial charge < -0.3 is 19.7 Å². The fourth-order valence-corrected chi connectivity index (χ4v) is 4.25. The molecule has 5 rings (SSSR count). The van der Waals surface area contributed by atoms with Crippen LogP contribution < -0.4 is 19.9 Å². The molecule has 0 saturated heterocycles. The number of likely N-dealkylation sites (N-methyl/N-ethyl adjacent to an activating group) is 1. The van der Waals surface area contributed by atoms with Crippen molar-refractivity contribution >= 4 is 41.0 Å². The Kier molecular flexibility index (Phi) is 6.14. The van der Waals surface area contributed by atoms with Crippen molar-refractivity contribution in [2.75, 3.05) is 30.0 Å². The molecule has 10 heteroatoms. The third kappa shape index (κ3) is 4.29. The summed E-state index contributed by atoms with van der Waals surface area (Å²) in [5, 5.41) is 2.50. The van der Waals surface area contributed by atoms with Crippen molar-refractivity contribution in [3.8, 4) is 5.75 Å². The van der Waals surface area contributed by atoms with Crippen LogP contribution >= 0.6 is 0 Å². The highest BCUT2D eigenvalue weighted by atomic mass is 16.5. The molecule has 0 aromatic heterocycles. The molecule has 4 amide bonds. The summed E-state index contributed by atoms with van der Waals surface area (Å²) in [5.41, 5.74) is 1.30. The SMILES string of the molecule is CNC(=O)C1CN(C(=O)COC(=O)c2cccc(N3C(=O)c4ccccc4C3=O)c2)c2ccccc2O1. The number of hydrogen-bond donors (Lipinski definition) is 1. The van der Waals surface area contributed by atoms with Gasteiger partial charge in [0.05, 0.1) is 34.6 Å². The number of esters is 1. The maximum absolute atomic E-state index is 13.0. The number of imide groups is 1. The highest BCUT2D eigenvalue weighted by Crippen LogP contribution is 2.33. The molecule has 3 aromatic rings. The molecule has 0 radical (unpaired) electrons. The van der Waals surface area contributed by atoms with E-state index in [0.29, 0.717) is 11.4 Å². The molecule has 0 fully saturated rings. The molecule has 2 aliphatic rings. The quantitative estimate of drug-likeness (QED) is 0.422. The second-order valence-corrected chi connectivity index (χ2v) is 8.31. The van der Waals surface area contributed by atoms with E-state index in [4.69, 9.17) is 9.47 Å². The number of carbonyl (C=O) groups is 5. The molecular weight excluding hydrogens is 478 g/mol. The largest absolute Gasteiger partial charge is 0.477 e. The molecule has 0 saturated carbocycles. The van der Waals surface area contributed by atoms with Crippen molar-refractivity contribution < 1.29 is 33.4 Å². The second kappa shape index (κ2) is 9.57. The van der Waals surface area contributed by atoms with E-state index in [1.54, 1.807) is 48.5 Å². The number of rotatable bonds is 5. The van der Waals surface area contributed by atoms with Gasteiger partial charge in [-0.3, -0.25) is 19.2 Å². The van der Waals surface area contributed by atoms with E-state index < -0.39 is 42.3 Å². The average molecular weight is 499 g/mol. The van der Waals surface area contributed by atoms with Gasteiger partial charge in [0, 0.05) is 7.05 Å². The van der Waals surface area contributed by atoms with Crippen molar-refractivity contribution in [3.63, 3.8) is 0 Å². The van der Waals surface area contributed by atoms with Crippen molar-refractivity contribution in [1.29, 1.82) is 0 Å². The minimum atomic E-state index is -0.920. The van der Waals surface area contributed by atoms with E-state index in [2.05, 4.69) is 5.32 Å². The Morgan fingerprint density at radius 3 is 2.32 bits per heavy atom. The Labute approximate surface area is 211 Å². The van der Waals surface area contributed by atoms with Crippen molar-refractivity contribution in [2.45, 2.75) is 6.10 Å². The number of benzene rings is 3. The first-order valence-corrected chi connectivity index (χ1v) is 11.4. The van der Waals surface area contributed by atoms with Gasteiger partial charge in [-0.15, -0.1) is 0 Å². The van der Waals surface area contributed by atoms with Crippen LogP contribution in [0.2, 0.25) is 0 Å². The third-order valence-corrected chi connectivity index (χ3v) is 6.07. The molecule has 2 heterocycles. The summed E-state index contributed by atoms with van der Waals surface area (Å²) >= 11 is 0. The molecule has 186 valence electrons. The lowest BCUT2D eigenvalue weighted by Gasteiger charge is -2.33. The van der Waals surface area contributed by atoms with E-state index in [-0.39, 0.29) is 28.9 Å². The summed E-state index contributed by atoms with van der Waals surface area (Å²) in [5.74, 6) is -2.37. The summed E-state index contributed by atoms with van der Waals surface area (Å²) in [6.45, 7) is -0.646. The normalized spacial score (nSPS) is 16.0. The Bertz CT molecular complexity index is 1420. The number of ether oxygens (including phenoxy) is 2. The summed E-state index contributed by atoms with van der Waals surface area (Å²) in [7, 11) is 1.47. The van der Waals surface area contributed by atoms with Gasteiger partial charge in [0.2, 0.25) is 0 Å². The average Bonchev–Trinajstić information content (AvgIpc) is 3.20. The molecule has 1 unspecified atom stereocenters. The van der Waals surface area contributed by atoms with E-state index in [0.717, 1.165) is 4.90 Å². The van der Waals surface area contributed by atoms with Gasteiger partial charge in [-0.05, 0) is 42.5 Å². The minimum absolute atomic E-state index is 0.0533. The Morgan fingerprint density at radius 1 is 0.946 bits per heavy atom. The number of fused-ring (bicyclic) bond motifs is 2. The number of anilines is 2. The number of amides is 4. The van der Waals surface area contributed by atoms with Crippen LogP contribution in [0.4, 0.5) is 11.4 Å². The van der Waals surface area contributed by atoms with Crippen LogP contribution in [0.1, 0.15) is 31.1 Å². The zero-order valence-electron chi connectivity index (χ0n) is 19.7. The summed E-state index contributed by atoms with van der Waals surface area (Å²) in [6.07, 6.45) is -0.920. The molecule has 1 N–H and O–H groups in total. The maximum Gasteiger partial charge on any atom is 0.338 e. The van der Waals surface area contributed by atoms with Gasteiger partial charge in [-0.2, -0.15) is 0 Å². The van der Waals surface area contributed by atoms with Crippen LogP contribution in [0, 0.1) is 0 Å². The lowest BCUT2D eigenvalue weighted by atomic mass is 10.1.